The molecule has 21 heavy (non-hydrogen) atoms. The Bertz CT molecular complexity index is 527. The lowest BCUT2D eigenvalue weighted by Gasteiger charge is -2.16. The summed E-state index contributed by atoms with van der Waals surface area (Å²) in [7, 11) is 0. The van der Waals surface area contributed by atoms with Crippen molar-refractivity contribution in [3.8, 4) is 0 Å². The van der Waals surface area contributed by atoms with Crippen LogP contribution in [-0.4, -0.2) is 24.9 Å². The van der Waals surface area contributed by atoms with Gasteiger partial charge in [0.05, 0.1) is 5.41 Å². The van der Waals surface area contributed by atoms with Crippen LogP contribution in [0, 0.1) is 5.82 Å². The van der Waals surface area contributed by atoms with Gasteiger partial charge in [-0.1, -0.05) is 18.2 Å². The Morgan fingerprint density at radius 2 is 1.76 bits per heavy atom. The molecule has 5 heteroatoms. The molecule has 0 unspecified atom stereocenters. The largest absolute Gasteiger partial charge is 0.356 e. The number of carbonyl (C=O) groups is 2. The van der Waals surface area contributed by atoms with Crippen molar-refractivity contribution < 1.29 is 14.0 Å². The molecule has 1 aromatic rings. The molecule has 2 N–H and O–H groups in total. The summed E-state index contributed by atoms with van der Waals surface area (Å²) < 4.78 is 13.8. The molecule has 1 saturated carbocycles. The third-order valence-electron chi connectivity index (χ3n) is 3.84. The molecule has 4 nitrogen and oxygen atoms in total. The first-order chi connectivity index (χ1) is 10.1. The van der Waals surface area contributed by atoms with Gasteiger partial charge in [0.1, 0.15) is 5.82 Å². The maximum Gasteiger partial charge on any atom is 0.230 e. The minimum atomic E-state index is -0.664. The lowest BCUT2D eigenvalue weighted by molar-refractivity contribution is -0.123. The molecule has 0 saturated heterocycles. The summed E-state index contributed by atoms with van der Waals surface area (Å²) >= 11 is 0. The predicted octanol–water partition coefficient (Wildman–Crippen LogP) is 1.89. The van der Waals surface area contributed by atoms with E-state index >= 15 is 0 Å². The van der Waals surface area contributed by atoms with Crippen LogP contribution in [0.1, 0.15) is 38.2 Å². The third kappa shape index (κ3) is 3.80. The van der Waals surface area contributed by atoms with E-state index in [0.29, 0.717) is 31.5 Å². The Hall–Kier alpha value is -1.91. The molecular weight excluding hydrogens is 271 g/mol. The minimum absolute atomic E-state index is 0.0458. The van der Waals surface area contributed by atoms with E-state index in [1.54, 1.807) is 18.2 Å². The summed E-state index contributed by atoms with van der Waals surface area (Å²) in [5, 5.41) is 5.59. The van der Waals surface area contributed by atoms with Crippen LogP contribution in [0.25, 0.3) is 0 Å². The molecule has 1 aliphatic carbocycles. The Labute approximate surface area is 124 Å². The Balaban J connectivity index is 1.79. The van der Waals surface area contributed by atoms with Crippen LogP contribution in [0.5, 0.6) is 0 Å². The number of benzene rings is 1. The molecule has 1 fully saturated rings. The van der Waals surface area contributed by atoms with Gasteiger partial charge in [0.25, 0.3) is 0 Å². The van der Waals surface area contributed by atoms with Gasteiger partial charge in [-0.2, -0.15) is 0 Å². The summed E-state index contributed by atoms with van der Waals surface area (Å²) in [6, 6.07) is 6.49. The first kappa shape index (κ1) is 15.5. The van der Waals surface area contributed by atoms with E-state index in [1.807, 2.05) is 0 Å². The molecule has 0 bridgehead atoms. The van der Waals surface area contributed by atoms with Gasteiger partial charge in [-0.05, 0) is 31.7 Å². The smallest absolute Gasteiger partial charge is 0.230 e. The van der Waals surface area contributed by atoms with E-state index < -0.39 is 5.41 Å². The average Bonchev–Trinajstić information content (AvgIpc) is 3.24. The number of unbranched alkanes of at least 4 members (excludes halogenated alkanes) is 1. The van der Waals surface area contributed by atoms with Gasteiger partial charge < -0.3 is 10.6 Å². The highest BCUT2D eigenvalue weighted by Gasteiger charge is 2.52. The Morgan fingerprint density at radius 1 is 1.14 bits per heavy atom. The van der Waals surface area contributed by atoms with Crippen molar-refractivity contribution in [1.29, 1.82) is 0 Å². The topological polar surface area (TPSA) is 58.2 Å². The summed E-state index contributed by atoms with van der Waals surface area (Å²) in [4.78, 5) is 23.0. The standard InChI is InChI=1S/C16H21FN2O2/c1-12(20)18-10-4-5-11-19-15(21)16(8-9-16)13-6-2-3-7-14(13)17/h2-3,6-7H,4-5,8-11H2,1H3,(H,18,20)(H,19,21). The molecule has 0 radical (unpaired) electrons. The zero-order chi connectivity index (χ0) is 15.3. The predicted molar refractivity (Wildman–Crippen MR) is 78.2 cm³/mol. The van der Waals surface area contributed by atoms with E-state index in [0.717, 1.165) is 12.8 Å². The quantitative estimate of drug-likeness (QED) is 0.754. The summed E-state index contributed by atoms with van der Waals surface area (Å²) in [5.74, 6) is -0.446. The van der Waals surface area contributed by atoms with Gasteiger partial charge >= 0.3 is 0 Å². The number of carbonyl (C=O) groups excluding carboxylic acids is 2. The molecule has 0 aliphatic heterocycles. The highest BCUT2D eigenvalue weighted by molar-refractivity contribution is 5.91. The molecule has 0 heterocycles. The minimum Gasteiger partial charge on any atom is -0.356 e. The summed E-state index contributed by atoms with van der Waals surface area (Å²) in [6.07, 6.45) is 3.00. The number of hydrogen-bond acceptors (Lipinski definition) is 2. The van der Waals surface area contributed by atoms with Crippen molar-refractivity contribution in [3.05, 3.63) is 35.6 Å². The monoisotopic (exact) mass is 292 g/mol. The molecule has 1 aromatic carbocycles. The van der Waals surface area contributed by atoms with Crippen molar-refractivity contribution in [2.24, 2.45) is 0 Å². The zero-order valence-corrected chi connectivity index (χ0v) is 12.2. The third-order valence-corrected chi connectivity index (χ3v) is 3.84. The van der Waals surface area contributed by atoms with E-state index in [9.17, 15) is 14.0 Å². The zero-order valence-electron chi connectivity index (χ0n) is 12.2. The number of halogens is 1. The molecule has 0 spiro atoms. The average molecular weight is 292 g/mol. The maximum absolute atomic E-state index is 13.8. The lowest BCUT2D eigenvalue weighted by atomic mass is 9.94. The number of amides is 2. The molecule has 2 rings (SSSR count). The summed E-state index contributed by atoms with van der Waals surface area (Å²) in [5.41, 5.74) is -0.163. The van der Waals surface area contributed by atoms with Crippen LogP contribution in [0.3, 0.4) is 0 Å². The summed E-state index contributed by atoms with van der Waals surface area (Å²) in [6.45, 7) is 2.64. The van der Waals surface area contributed by atoms with Crippen LogP contribution in [0.4, 0.5) is 4.39 Å². The van der Waals surface area contributed by atoms with Crippen LogP contribution in [0.2, 0.25) is 0 Å². The van der Waals surface area contributed by atoms with Crippen molar-refractivity contribution >= 4 is 11.8 Å². The van der Waals surface area contributed by atoms with Gasteiger partial charge in [0, 0.05) is 25.6 Å². The molecule has 1 aliphatic rings. The lowest BCUT2D eigenvalue weighted by Crippen LogP contribution is -2.36. The van der Waals surface area contributed by atoms with Gasteiger partial charge in [-0.15, -0.1) is 0 Å². The van der Waals surface area contributed by atoms with Crippen molar-refractivity contribution in [2.45, 2.75) is 38.0 Å². The molecule has 0 aromatic heterocycles. The van der Waals surface area contributed by atoms with Crippen molar-refractivity contribution in [2.75, 3.05) is 13.1 Å². The highest BCUT2D eigenvalue weighted by Crippen LogP contribution is 2.49. The van der Waals surface area contributed by atoms with Gasteiger partial charge in [-0.25, -0.2) is 4.39 Å². The number of rotatable bonds is 7. The maximum atomic E-state index is 13.8. The van der Waals surface area contributed by atoms with Gasteiger partial charge in [-0.3, -0.25) is 9.59 Å². The van der Waals surface area contributed by atoms with E-state index in [1.165, 1.54) is 13.0 Å². The molecule has 0 atom stereocenters. The first-order valence-electron chi connectivity index (χ1n) is 7.34. The highest BCUT2D eigenvalue weighted by atomic mass is 19.1. The second-order valence-corrected chi connectivity index (χ2v) is 5.51. The number of nitrogens with one attached hydrogen (secondary N) is 2. The first-order valence-corrected chi connectivity index (χ1v) is 7.34. The van der Waals surface area contributed by atoms with E-state index in [-0.39, 0.29) is 17.6 Å². The van der Waals surface area contributed by atoms with Crippen molar-refractivity contribution in [3.63, 3.8) is 0 Å². The SMILES string of the molecule is CC(=O)NCCCCNC(=O)C1(c2ccccc2F)CC1. The van der Waals surface area contributed by atoms with Crippen LogP contribution in [-0.2, 0) is 15.0 Å². The van der Waals surface area contributed by atoms with Gasteiger partial charge in [0.2, 0.25) is 11.8 Å². The second kappa shape index (κ2) is 6.70. The fraction of sp³-hybridized carbons (Fsp3) is 0.500. The van der Waals surface area contributed by atoms with Crippen LogP contribution < -0.4 is 10.6 Å². The Morgan fingerprint density at radius 3 is 2.33 bits per heavy atom. The van der Waals surface area contributed by atoms with Crippen LogP contribution in [0.15, 0.2) is 24.3 Å². The van der Waals surface area contributed by atoms with Crippen LogP contribution >= 0.6 is 0 Å². The molecule has 114 valence electrons. The van der Waals surface area contributed by atoms with E-state index in [2.05, 4.69) is 10.6 Å². The number of hydrogen-bond donors (Lipinski definition) is 2. The van der Waals surface area contributed by atoms with Crippen molar-refractivity contribution in [1.82, 2.24) is 10.6 Å². The van der Waals surface area contributed by atoms with Gasteiger partial charge in [0.15, 0.2) is 0 Å². The molecular formula is C16H21FN2O2. The second-order valence-electron chi connectivity index (χ2n) is 5.51. The Kier molecular flexibility index (Phi) is 4.94. The normalized spacial score (nSPS) is 15.3. The molecule has 2 amide bonds. The fourth-order valence-electron chi connectivity index (χ4n) is 2.48. The van der Waals surface area contributed by atoms with E-state index in [4.69, 9.17) is 0 Å². The fourth-order valence-corrected chi connectivity index (χ4v) is 2.48.